The molecule has 5 rings (SSSR count). The molecule has 1 fully saturated rings. The molecule has 4 aromatic rings. The molecule has 1 aliphatic rings. The van der Waals surface area contributed by atoms with Gasteiger partial charge in [0.25, 0.3) is 0 Å². The molecule has 0 saturated carbocycles. The van der Waals surface area contributed by atoms with E-state index in [-0.39, 0.29) is 22.8 Å². The summed E-state index contributed by atoms with van der Waals surface area (Å²) in [6.45, 7) is 2.73. The van der Waals surface area contributed by atoms with Gasteiger partial charge in [0.05, 0.1) is 17.5 Å². The summed E-state index contributed by atoms with van der Waals surface area (Å²) >= 11 is 1.24. The van der Waals surface area contributed by atoms with Crippen LogP contribution in [0.15, 0.2) is 39.2 Å². The number of fused-ring (bicyclic) bond motifs is 1. The minimum Gasteiger partial charge on any atom is -0.477 e. The predicted octanol–water partition coefficient (Wildman–Crippen LogP) is 2.58. The minimum absolute atomic E-state index is 0.0196. The molecule has 0 atom stereocenters. The van der Waals surface area contributed by atoms with Gasteiger partial charge in [-0.2, -0.15) is 0 Å². The Balaban J connectivity index is 1.61. The molecule has 9 nitrogen and oxygen atoms in total. The monoisotopic (exact) mass is 427 g/mol. The molecule has 152 valence electrons. The van der Waals surface area contributed by atoms with E-state index in [0.717, 1.165) is 6.07 Å². The number of carbonyl (C=O) groups is 1. The van der Waals surface area contributed by atoms with Gasteiger partial charge in [0.15, 0.2) is 22.4 Å². The highest BCUT2D eigenvalue weighted by Crippen LogP contribution is 2.33. The number of thiazole rings is 1. The number of aromatic carboxylic acids is 1. The van der Waals surface area contributed by atoms with Crippen LogP contribution in [0, 0.1) is 12.7 Å². The predicted molar refractivity (Wildman–Crippen MR) is 106 cm³/mol. The van der Waals surface area contributed by atoms with Gasteiger partial charge in [0, 0.05) is 30.9 Å². The second kappa shape index (κ2) is 6.73. The van der Waals surface area contributed by atoms with Crippen LogP contribution in [-0.2, 0) is 0 Å². The smallest absolute Gasteiger partial charge is 0.341 e. The van der Waals surface area contributed by atoms with Crippen LogP contribution in [0.5, 0.6) is 0 Å². The molecule has 0 aliphatic carbocycles. The molecule has 1 aliphatic heterocycles. The number of rotatable bonds is 4. The largest absolute Gasteiger partial charge is 0.477 e. The number of halogens is 1. The van der Waals surface area contributed by atoms with Crippen molar-refractivity contribution in [2.24, 2.45) is 0 Å². The van der Waals surface area contributed by atoms with Crippen molar-refractivity contribution >= 4 is 34.2 Å². The van der Waals surface area contributed by atoms with E-state index in [1.807, 2.05) is 0 Å². The maximum absolute atomic E-state index is 14.9. The van der Waals surface area contributed by atoms with E-state index in [9.17, 15) is 19.1 Å². The van der Waals surface area contributed by atoms with Crippen LogP contribution in [0.3, 0.4) is 0 Å². The first-order valence-corrected chi connectivity index (χ1v) is 9.86. The first kappa shape index (κ1) is 18.4. The van der Waals surface area contributed by atoms with E-state index in [1.165, 1.54) is 22.1 Å². The zero-order chi connectivity index (χ0) is 21.0. The average Bonchev–Trinajstić information content (AvgIpc) is 3.34. The number of carboxylic acids is 1. The van der Waals surface area contributed by atoms with Crippen molar-refractivity contribution in [1.82, 2.24) is 19.5 Å². The molecular formula is C19H14FN5O4S. The lowest BCUT2D eigenvalue weighted by Crippen LogP contribution is -2.46. The van der Waals surface area contributed by atoms with Crippen molar-refractivity contribution in [1.29, 1.82) is 0 Å². The maximum Gasteiger partial charge on any atom is 0.341 e. The summed E-state index contributed by atoms with van der Waals surface area (Å²) in [4.78, 5) is 38.6. The number of oxazole rings is 1. The Morgan fingerprint density at radius 2 is 2.17 bits per heavy atom. The van der Waals surface area contributed by atoms with Crippen LogP contribution in [0.1, 0.15) is 27.9 Å². The first-order chi connectivity index (χ1) is 14.4. The average molecular weight is 427 g/mol. The Morgan fingerprint density at radius 3 is 2.80 bits per heavy atom. The topological polar surface area (TPSA) is 114 Å². The number of pyridine rings is 2. The molecule has 0 radical (unpaired) electrons. The fraction of sp³-hybridized carbons (Fsp3) is 0.211. The molecule has 1 N–H and O–H groups in total. The molecule has 0 unspecified atom stereocenters. The van der Waals surface area contributed by atoms with Crippen LogP contribution >= 0.6 is 11.3 Å². The summed E-state index contributed by atoms with van der Waals surface area (Å²) in [5.74, 6) is -0.699. The number of anilines is 1. The van der Waals surface area contributed by atoms with E-state index >= 15 is 0 Å². The molecule has 30 heavy (non-hydrogen) atoms. The molecule has 0 aromatic carbocycles. The fourth-order valence-electron chi connectivity index (χ4n) is 3.44. The van der Waals surface area contributed by atoms with Crippen LogP contribution in [0.4, 0.5) is 10.2 Å². The zero-order valence-electron chi connectivity index (χ0n) is 15.6. The third-order valence-corrected chi connectivity index (χ3v) is 5.71. The van der Waals surface area contributed by atoms with Gasteiger partial charge in [0.2, 0.25) is 11.3 Å². The van der Waals surface area contributed by atoms with Crippen LogP contribution < -0.4 is 10.3 Å². The van der Waals surface area contributed by atoms with Gasteiger partial charge in [-0.15, -0.1) is 11.3 Å². The third-order valence-electron chi connectivity index (χ3n) is 4.94. The van der Waals surface area contributed by atoms with Crippen molar-refractivity contribution in [2.75, 3.05) is 18.0 Å². The Labute approximate surface area is 172 Å². The van der Waals surface area contributed by atoms with Gasteiger partial charge in [0.1, 0.15) is 11.3 Å². The second-order valence-electron chi connectivity index (χ2n) is 6.94. The summed E-state index contributed by atoms with van der Waals surface area (Å²) in [5.41, 5.74) is -1.12. The Bertz CT molecular complexity index is 1340. The lowest BCUT2D eigenvalue weighted by atomic mass is 10.00. The number of hydrogen-bond donors (Lipinski definition) is 1. The Morgan fingerprint density at radius 1 is 1.37 bits per heavy atom. The Hall–Kier alpha value is -3.60. The molecule has 0 spiro atoms. The number of nitrogens with zero attached hydrogens (tertiary/aromatic N) is 5. The lowest BCUT2D eigenvalue weighted by molar-refractivity contribution is 0.0695. The first-order valence-electron chi connectivity index (χ1n) is 8.98. The summed E-state index contributed by atoms with van der Waals surface area (Å²) in [6.07, 6.45) is 4.36. The molecule has 11 heteroatoms. The summed E-state index contributed by atoms with van der Waals surface area (Å²) in [5, 5.41) is 11.4. The minimum atomic E-state index is -1.40. The van der Waals surface area contributed by atoms with Crippen LogP contribution in [0.25, 0.3) is 16.2 Å². The molecule has 5 heterocycles. The molecule has 0 amide bonds. The van der Waals surface area contributed by atoms with E-state index in [1.54, 1.807) is 29.6 Å². The second-order valence-corrected chi connectivity index (χ2v) is 7.81. The van der Waals surface area contributed by atoms with Gasteiger partial charge in [-0.3, -0.25) is 9.36 Å². The summed E-state index contributed by atoms with van der Waals surface area (Å²) in [6, 6.07) is 1.04. The van der Waals surface area contributed by atoms with Crippen molar-refractivity contribution < 1.29 is 18.7 Å². The number of carboxylic acid groups (broad SMARTS) is 1. The van der Waals surface area contributed by atoms with Crippen LogP contribution in [0.2, 0.25) is 0 Å². The van der Waals surface area contributed by atoms with E-state index in [4.69, 9.17) is 4.42 Å². The van der Waals surface area contributed by atoms with Crippen molar-refractivity contribution in [3.8, 4) is 5.13 Å². The molecule has 4 aromatic heterocycles. The molecule has 1 saturated heterocycles. The summed E-state index contributed by atoms with van der Waals surface area (Å²) < 4.78 is 21.8. The highest BCUT2D eigenvalue weighted by Gasteiger charge is 2.34. The fourth-order valence-corrected chi connectivity index (χ4v) is 4.06. The van der Waals surface area contributed by atoms with E-state index in [0.29, 0.717) is 29.9 Å². The van der Waals surface area contributed by atoms with Crippen molar-refractivity contribution in [3.05, 3.63) is 63.3 Å². The van der Waals surface area contributed by atoms with E-state index < -0.39 is 22.8 Å². The quantitative estimate of drug-likeness (QED) is 0.529. The highest BCUT2D eigenvalue weighted by molar-refractivity contribution is 7.12. The number of aryl methyl sites for hydroxylation is 1. The van der Waals surface area contributed by atoms with Gasteiger partial charge >= 0.3 is 5.97 Å². The zero-order valence-corrected chi connectivity index (χ0v) is 16.4. The number of hydrogen-bond acceptors (Lipinski definition) is 8. The van der Waals surface area contributed by atoms with E-state index in [2.05, 4.69) is 15.0 Å². The van der Waals surface area contributed by atoms with Crippen LogP contribution in [-0.4, -0.2) is 43.7 Å². The van der Waals surface area contributed by atoms with Gasteiger partial charge in [-0.05, 0) is 13.0 Å². The Kier molecular flexibility index (Phi) is 4.13. The van der Waals surface area contributed by atoms with Crippen molar-refractivity contribution in [3.63, 3.8) is 0 Å². The van der Waals surface area contributed by atoms with Gasteiger partial charge < -0.3 is 14.4 Å². The molecule has 0 bridgehead atoms. The van der Waals surface area contributed by atoms with Crippen molar-refractivity contribution in [2.45, 2.75) is 12.8 Å². The third kappa shape index (κ3) is 2.86. The summed E-state index contributed by atoms with van der Waals surface area (Å²) in [7, 11) is 0. The number of aromatic nitrogens is 4. The highest BCUT2D eigenvalue weighted by atomic mass is 32.1. The van der Waals surface area contributed by atoms with Gasteiger partial charge in [-0.25, -0.2) is 24.1 Å². The maximum atomic E-state index is 14.9. The normalized spacial score (nSPS) is 14.3. The standard InChI is InChI=1S/C19H14FN5O4S/c1-9-5-22-17(29-9)10-6-24(7-10)16-13(20)4-11-14(26)12(18(27)28)8-25(15(11)23-16)19-21-2-3-30-19/h2-5,8,10H,6-7H2,1H3,(H,27,28). The van der Waals surface area contributed by atoms with Gasteiger partial charge in [-0.1, -0.05) is 0 Å². The SMILES string of the molecule is Cc1cnc(C2CN(c3nc4c(cc3F)c(=O)c(C(=O)O)cn4-c3nccs3)C2)o1. The molecular weight excluding hydrogens is 413 g/mol. The lowest BCUT2D eigenvalue weighted by Gasteiger charge is -2.38.